The molecule has 0 atom stereocenters. The number of aryl methyl sites for hydroxylation is 1. The molecule has 0 aliphatic carbocycles. The number of anilines is 2. The standard InChI is InChI=1S/C26H28N2O3S/c1-26(2,3)21-12-15-23(16-13-21)32(30,31)27-22-14-11-19-10-7-17-28(24(19)18-22)25(29)20-8-5-4-6-9-20/h4-6,8-9,11-16,18,27H,7,10,17H2,1-3H3. The summed E-state index contributed by atoms with van der Waals surface area (Å²) in [5.41, 5.74) is 3.87. The molecule has 166 valence electrons. The molecule has 0 aromatic heterocycles. The van der Waals surface area contributed by atoms with E-state index in [9.17, 15) is 13.2 Å². The number of hydrogen-bond donors (Lipinski definition) is 1. The van der Waals surface area contributed by atoms with Crippen LogP contribution in [0.1, 0.15) is 48.7 Å². The van der Waals surface area contributed by atoms with Gasteiger partial charge in [-0.3, -0.25) is 9.52 Å². The SMILES string of the molecule is CC(C)(C)c1ccc(S(=O)(=O)Nc2ccc3c(c2)N(C(=O)c2ccccc2)CCC3)cc1. The quantitative estimate of drug-likeness (QED) is 0.583. The molecule has 0 spiro atoms. The van der Waals surface area contributed by atoms with Gasteiger partial charge in [-0.05, 0) is 65.8 Å². The molecular formula is C26H28N2O3S. The first-order chi connectivity index (χ1) is 15.1. The number of rotatable bonds is 4. The predicted octanol–water partition coefficient (Wildman–Crippen LogP) is 5.38. The molecular weight excluding hydrogens is 420 g/mol. The van der Waals surface area contributed by atoms with Gasteiger partial charge in [-0.2, -0.15) is 0 Å². The van der Waals surface area contributed by atoms with Gasteiger partial charge in [-0.1, -0.05) is 57.2 Å². The minimum absolute atomic E-state index is 0.0526. The molecule has 1 aliphatic rings. The van der Waals surface area contributed by atoms with Crippen molar-refractivity contribution in [1.29, 1.82) is 0 Å². The van der Waals surface area contributed by atoms with Gasteiger partial charge in [0.05, 0.1) is 10.6 Å². The summed E-state index contributed by atoms with van der Waals surface area (Å²) in [5, 5.41) is 0. The van der Waals surface area contributed by atoms with Crippen LogP contribution in [-0.2, 0) is 21.9 Å². The maximum Gasteiger partial charge on any atom is 0.261 e. The molecule has 6 heteroatoms. The van der Waals surface area contributed by atoms with E-state index in [0.29, 0.717) is 17.8 Å². The first-order valence-electron chi connectivity index (χ1n) is 10.8. The summed E-state index contributed by atoms with van der Waals surface area (Å²) in [5.74, 6) is -0.0793. The second-order valence-electron chi connectivity index (χ2n) is 9.15. The van der Waals surface area contributed by atoms with Crippen LogP contribution in [0.3, 0.4) is 0 Å². The molecule has 1 amide bonds. The zero-order chi connectivity index (χ0) is 22.9. The largest absolute Gasteiger partial charge is 0.308 e. The van der Waals surface area contributed by atoms with Crippen molar-refractivity contribution < 1.29 is 13.2 Å². The molecule has 0 unspecified atom stereocenters. The summed E-state index contributed by atoms with van der Waals surface area (Å²) in [6.07, 6.45) is 1.73. The van der Waals surface area contributed by atoms with E-state index in [1.807, 2.05) is 36.4 Å². The van der Waals surface area contributed by atoms with E-state index in [4.69, 9.17) is 0 Å². The van der Waals surface area contributed by atoms with E-state index in [2.05, 4.69) is 25.5 Å². The lowest BCUT2D eigenvalue weighted by Crippen LogP contribution is -2.35. The zero-order valence-electron chi connectivity index (χ0n) is 18.6. The van der Waals surface area contributed by atoms with Crippen LogP contribution >= 0.6 is 0 Å². The van der Waals surface area contributed by atoms with E-state index in [1.54, 1.807) is 41.3 Å². The Balaban J connectivity index is 1.61. The van der Waals surface area contributed by atoms with Crippen molar-refractivity contribution in [3.63, 3.8) is 0 Å². The lowest BCUT2D eigenvalue weighted by molar-refractivity contribution is 0.0985. The molecule has 0 fully saturated rings. The Morgan fingerprint density at radius 2 is 1.62 bits per heavy atom. The number of benzene rings is 3. The van der Waals surface area contributed by atoms with Crippen molar-refractivity contribution in [2.45, 2.75) is 43.9 Å². The van der Waals surface area contributed by atoms with Gasteiger partial charge in [-0.15, -0.1) is 0 Å². The molecule has 1 heterocycles. The van der Waals surface area contributed by atoms with Crippen LogP contribution < -0.4 is 9.62 Å². The first-order valence-corrected chi connectivity index (χ1v) is 12.3. The second-order valence-corrected chi connectivity index (χ2v) is 10.8. The van der Waals surface area contributed by atoms with E-state index in [-0.39, 0.29) is 16.2 Å². The Bertz CT molecular complexity index is 1230. The van der Waals surface area contributed by atoms with Gasteiger partial charge in [0, 0.05) is 17.8 Å². The van der Waals surface area contributed by atoms with Crippen LogP contribution in [-0.4, -0.2) is 20.9 Å². The molecule has 32 heavy (non-hydrogen) atoms. The summed E-state index contributed by atoms with van der Waals surface area (Å²) < 4.78 is 28.6. The fourth-order valence-electron chi connectivity index (χ4n) is 3.93. The van der Waals surface area contributed by atoms with Crippen molar-refractivity contribution in [3.05, 3.63) is 89.5 Å². The molecule has 1 N–H and O–H groups in total. The van der Waals surface area contributed by atoms with E-state index in [1.165, 1.54) is 0 Å². The summed E-state index contributed by atoms with van der Waals surface area (Å²) in [6.45, 7) is 6.87. The lowest BCUT2D eigenvalue weighted by atomic mass is 9.87. The minimum Gasteiger partial charge on any atom is -0.308 e. The molecule has 0 radical (unpaired) electrons. The van der Waals surface area contributed by atoms with Gasteiger partial charge in [0.1, 0.15) is 0 Å². The van der Waals surface area contributed by atoms with Gasteiger partial charge < -0.3 is 4.90 Å². The van der Waals surface area contributed by atoms with E-state index < -0.39 is 10.0 Å². The zero-order valence-corrected chi connectivity index (χ0v) is 19.4. The van der Waals surface area contributed by atoms with Crippen LogP contribution in [0.4, 0.5) is 11.4 Å². The molecule has 5 nitrogen and oxygen atoms in total. The monoisotopic (exact) mass is 448 g/mol. The Morgan fingerprint density at radius 3 is 2.28 bits per heavy atom. The summed E-state index contributed by atoms with van der Waals surface area (Å²) in [7, 11) is -3.75. The molecule has 3 aromatic rings. The van der Waals surface area contributed by atoms with Crippen molar-refractivity contribution in [3.8, 4) is 0 Å². The number of nitrogens with one attached hydrogen (secondary N) is 1. The number of carbonyl (C=O) groups excluding carboxylic acids is 1. The fourth-order valence-corrected chi connectivity index (χ4v) is 4.98. The minimum atomic E-state index is -3.75. The highest BCUT2D eigenvalue weighted by Crippen LogP contribution is 2.32. The first kappa shape index (κ1) is 22.1. The van der Waals surface area contributed by atoms with Gasteiger partial charge >= 0.3 is 0 Å². The second kappa shape index (κ2) is 8.43. The average molecular weight is 449 g/mol. The Kier molecular flexibility index (Phi) is 5.82. The number of sulfonamides is 1. The predicted molar refractivity (Wildman–Crippen MR) is 129 cm³/mol. The summed E-state index contributed by atoms with van der Waals surface area (Å²) in [6, 6.07) is 21.5. The van der Waals surface area contributed by atoms with Gasteiger partial charge in [0.15, 0.2) is 0 Å². The number of hydrogen-bond acceptors (Lipinski definition) is 3. The molecule has 4 rings (SSSR count). The van der Waals surface area contributed by atoms with E-state index >= 15 is 0 Å². The highest BCUT2D eigenvalue weighted by Gasteiger charge is 2.25. The van der Waals surface area contributed by atoms with Gasteiger partial charge in [0.2, 0.25) is 0 Å². The van der Waals surface area contributed by atoms with Crippen molar-refractivity contribution in [2.24, 2.45) is 0 Å². The van der Waals surface area contributed by atoms with Gasteiger partial charge in [0.25, 0.3) is 15.9 Å². The third-order valence-corrected chi connectivity index (χ3v) is 7.15. The van der Waals surface area contributed by atoms with Crippen LogP contribution in [0.2, 0.25) is 0 Å². The van der Waals surface area contributed by atoms with Crippen LogP contribution in [0.15, 0.2) is 77.7 Å². The third kappa shape index (κ3) is 4.55. The number of amides is 1. The highest BCUT2D eigenvalue weighted by atomic mass is 32.2. The maximum atomic E-state index is 13.1. The van der Waals surface area contributed by atoms with Crippen molar-refractivity contribution >= 4 is 27.3 Å². The summed E-state index contributed by atoms with van der Waals surface area (Å²) in [4.78, 5) is 15.0. The molecule has 3 aromatic carbocycles. The lowest BCUT2D eigenvalue weighted by Gasteiger charge is -2.30. The molecule has 0 saturated carbocycles. The maximum absolute atomic E-state index is 13.1. The smallest absolute Gasteiger partial charge is 0.261 e. The van der Waals surface area contributed by atoms with Gasteiger partial charge in [-0.25, -0.2) is 8.42 Å². The molecule has 0 bridgehead atoms. The Hall–Kier alpha value is -3.12. The number of carbonyl (C=O) groups is 1. The number of nitrogens with zero attached hydrogens (tertiary/aromatic N) is 1. The number of fused-ring (bicyclic) bond motifs is 1. The molecule has 1 aliphatic heterocycles. The van der Waals surface area contributed by atoms with Crippen molar-refractivity contribution in [1.82, 2.24) is 0 Å². The third-order valence-electron chi connectivity index (χ3n) is 5.75. The highest BCUT2D eigenvalue weighted by molar-refractivity contribution is 7.92. The fraction of sp³-hybridized carbons (Fsp3) is 0.269. The van der Waals surface area contributed by atoms with E-state index in [0.717, 1.165) is 29.7 Å². The Labute approximate surface area is 190 Å². The molecule has 0 saturated heterocycles. The topological polar surface area (TPSA) is 66.5 Å². The normalized spacial score (nSPS) is 14.0. The van der Waals surface area contributed by atoms with Crippen LogP contribution in [0, 0.1) is 0 Å². The Morgan fingerprint density at radius 1 is 0.938 bits per heavy atom. The average Bonchev–Trinajstić information content (AvgIpc) is 2.78. The van der Waals surface area contributed by atoms with Crippen LogP contribution in [0.5, 0.6) is 0 Å². The van der Waals surface area contributed by atoms with Crippen LogP contribution in [0.25, 0.3) is 0 Å². The van der Waals surface area contributed by atoms with Crippen molar-refractivity contribution in [2.75, 3.05) is 16.2 Å². The summed E-state index contributed by atoms with van der Waals surface area (Å²) >= 11 is 0.